The quantitative estimate of drug-likeness (QED) is 0.843. The van der Waals surface area contributed by atoms with Crippen molar-refractivity contribution in [2.24, 2.45) is 0 Å². The summed E-state index contributed by atoms with van der Waals surface area (Å²) in [4.78, 5) is 24.9. The number of hydrogen-bond donors (Lipinski definition) is 1. The van der Waals surface area contributed by atoms with E-state index < -0.39 is 10.0 Å². The van der Waals surface area contributed by atoms with Crippen molar-refractivity contribution in [3.63, 3.8) is 0 Å². The summed E-state index contributed by atoms with van der Waals surface area (Å²) in [5.41, 5.74) is 1.01. The van der Waals surface area contributed by atoms with Crippen molar-refractivity contribution in [2.45, 2.75) is 50.5 Å². The fourth-order valence-corrected chi connectivity index (χ4v) is 4.00. The third-order valence-electron chi connectivity index (χ3n) is 4.19. The lowest BCUT2D eigenvalue weighted by molar-refractivity contribution is -0.133. The number of nitrogens with zero attached hydrogens (tertiary/aromatic N) is 1. The van der Waals surface area contributed by atoms with Gasteiger partial charge in [0.15, 0.2) is 0 Å². The summed E-state index contributed by atoms with van der Waals surface area (Å²) in [7, 11) is -3.53. The zero-order valence-corrected chi connectivity index (χ0v) is 14.9. The molecule has 1 aromatic carbocycles. The van der Waals surface area contributed by atoms with Crippen molar-refractivity contribution < 1.29 is 18.0 Å². The Morgan fingerprint density at radius 3 is 2.25 bits per heavy atom. The predicted octanol–water partition coefficient (Wildman–Crippen LogP) is 1.63. The molecule has 1 saturated heterocycles. The second-order valence-corrected chi connectivity index (χ2v) is 8.01. The SMILES string of the molecule is CC(=O)CCC(=O)N1CCC(NS(=O)(=O)c2ccc(C)cc2)CC1. The molecule has 0 aliphatic carbocycles. The van der Waals surface area contributed by atoms with Gasteiger partial charge in [0.2, 0.25) is 15.9 Å². The molecule has 24 heavy (non-hydrogen) atoms. The number of carbonyl (C=O) groups excluding carboxylic acids is 2. The third-order valence-corrected chi connectivity index (χ3v) is 5.73. The van der Waals surface area contributed by atoms with Gasteiger partial charge in [0, 0.05) is 32.0 Å². The lowest BCUT2D eigenvalue weighted by atomic mass is 10.1. The highest BCUT2D eigenvalue weighted by atomic mass is 32.2. The number of carbonyl (C=O) groups is 2. The maximum atomic E-state index is 12.4. The van der Waals surface area contributed by atoms with Gasteiger partial charge in [0.25, 0.3) is 0 Å². The Kier molecular flexibility index (Phi) is 6.12. The van der Waals surface area contributed by atoms with E-state index in [0.717, 1.165) is 5.56 Å². The van der Waals surface area contributed by atoms with Crippen LogP contribution in [0.15, 0.2) is 29.2 Å². The van der Waals surface area contributed by atoms with Gasteiger partial charge < -0.3 is 9.69 Å². The minimum atomic E-state index is -3.53. The van der Waals surface area contributed by atoms with Gasteiger partial charge in [-0.3, -0.25) is 4.79 Å². The molecule has 1 N–H and O–H groups in total. The molecular weight excluding hydrogens is 328 g/mol. The second kappa shape index (κ2) is 7.90. The van der Waals surface area contributed by atoms with E-state index in [-0.39, 0.29) is 35.5 Å². The minimum absolute atomic E-state index is 0.00379. The molecule has 6 nitrogen and oxygen atoms in total. The van der Waals surface area contributed by atoms with Crippen molar-refractivity contribution >= 4 is 21.7 Å². The van der Waals surface area contributed by atoms with Gasteiger partial charge >= 0.3 is 0 Å². The summed E-state index contributed by atoms with van der Waals surface area (Å²) in [6, 6.07) is 6.56. The number of rotatable bonds is 6. The normalized spacial score (nSPS) is 16.2. The van der Waals surface area contributed by atoms with E-state index in [1.54, 1.807) is 29.2 Å². The summed E-state index contributed by atoms with van der Waals surface area (Å²) in [6.45, 7) is 4.40. The van der Waals surface area contributed by atoms with Gasteiger partial charge in [-0.2, -0.15) is 0 Å². The zero-order valence-electron chi connectivity index (χ0n) is 14.1. The van der Waals surface area contributed by atoms with Crippen LogP contribution in [0.25, 0.3) is 0 Å². The number of nitrogens with one attached hydrogen (secondary N) is 1. The Labute approximate surface area is 143 Å². The van der Waals surface area contributed by atoms with Gasteiger partial charge in [-0.05, 0) is 38.8 Å². The molecule has 1 amide bonds. The highest BCUT2D eigenvalue weighted by Gasteiger charge is 2.26. The largest absolute Gasteiger partial charge is 0.343 e. The smallest absolute Gasteiger partial charge is 0.240 e. The molecule has 0 spiro atoms. The molecule has 0 aromatic heterocycles. The molecule has 1 aliphatic heterocycles. The number of benzene rings is 1. The topological polar surface area (TPSA) is 83.6 Å². The van der Waals surface area contributed by atoms with E-state index >= 15 is 0 Å². The molecule has 1 fully saturated rings. The van der Waals surface area contributed by atoms with Crippen molar-refractivity contribution in [2.75, 3.05) is 13.1 Å². The minimum Gasteiger partial charge on any atom is -0.343 e. The highest BCUT2D eigenvalue weighted by molar-refractivity contribution is 7.89. The Balaban J connectivity index is 1.87. The number of aryl methyl sites for hydroxylation is 1. The molecule has 1 aliphatic rings. The molecule has 1 heterocycles. The van der Waals surface area contributed by atoms with Crippen LogP contribution in [-0.2, 0) is 19.6 Å². The fourth-order valence-electron chi connectivity index (χ4n) is 2.69. The van der Waals surface area contributed by atoms with Gasteiger partial charge in [-0.15, -0.1) is 0 Å². The van der Waals surface area contributed by atoms with Crippen molar-refractivity contribution in [1.82, 2.24) is 9.62 Å². The molecule has 0 bridgehead atoms. The van der Waals surface area contributed by atoms with Crippen LogP contribution in [0.3, 0.4) is 0 Å². The number of piperidine rings is 1. The van der Waals surface area contributed by atoms with E-state index in [9.17, 15) is 18.0 Å². The molecule has 0 unspecified atom stereocenters. The molecular formula is C17H24N2O4S. The van der Waals surface area contributed by atoms with Crippen molar-refractivity contribution in [1.29, 1.82) is 0 Å². The van der Waals surface area contributed by atoms with E-state index in [1.165, 1.54) is 6.92 Å². The van der Waals surface area contributed by atoms with E-state index in [4.69, 9.17) is 0 Å². The van der Waals surface area contributed by atoms with Crippen LogP contribution in [0.2, 0.25) is 0 Å². The number of ketones is 1. The van der Waals surface area contributed by atoms with Gasteiger partial charge in [-0.25, -0.2) is 13.1 Å². The Morgan fingerprint density at radius 1 is 1.12 bits per heavy atom. The summed E-state index contributed by atoms with van der Waals surface area (Å²) < 4.78 is 27.5. The maximum Gasteiger partial charge on any atom is 0.240 e. The van der Waals surface area contributed by atoms with Gasteiger partial charge in [0.05, 0.1) is 4.90 Å². The van der Waals surface area contributed by atoms with E-state index in [0.29, 0.717) is 25.9 Å². The molecule has 1 aromatic rings. The average Bonchev–Trinajstić information content (AvgIpc) is 2.53. The lowest BCUT2D eigenvalue weighted by Gasteiger charge is -2.32. The summed E-state index contributed by atoms with van der Waals surface area (Å²) in [5, 5.41) is 0. The Hall–Kier alpha value is -1.73. The van der Waals surface area contributed by atoms with Crippen LogP contribution in [0.5, 0.6) is 0 Å². The molecule has 7 heteroatoms. The first kappa shape index (κ1) is 18.6. The van der Waals surface area contributed by atoms with Crippen LogP contribution in [-0.4, -0.2) is 44.1 Å². The molecule has 0 atom stereocenters. The predicted molar refractivity (Wildman–Crippen MR) is 91.0 cm³/mol. The van der Waals surface area contributed by atoms with E-state index in [2.05, 4.69) is 4.72 Å². The third kappa shape index (κ3) is 5.14. The fraction of sp³-hybridized carbons (Fsp3) is 0.529. The summed E-state index contributed by atoms with van der Waals surface area (Å²) >= 11 is 0. The number of hydrogen-bond acceptors (Lipinski definition) is 4. The molecule has 0 radical (unpaired) electrons. The van der Waals surface area contributed by atoms with Gasteiger partial charge in [-0.1, -0.05) is 17.7 Å². The van der Waals surface area contributed by atoms with Crippen molar-refractivity contribution in [3.05, 3.63) is 29.8 Å². The average molecular weight is 352 g/mol. The first-order chi connectivity index (χ1) is 11.3. The number of Topliss-reactive ketones (excluding diaryl/α,β-unsaturated/α-hetero) is 1. The first-order valence-corrected chi connectivity index (χ1v) is 9.62. The molecule has 0 saturated carbocycles. The molecule has 2 rings (SSSR count). The van der Waals surface area contributed by atoms with Gasteiger partial charge in [0.1, 0.15) is 5.78 Å². The second-order valence-electron chi connectivity index (χ2n) is 6.29. The monoisotopic (exact) mass is 352 g/mol. The van der Waals surface area contributed by atoms with Crippen LogP contribution < -0.4 is 4.72 Å². The first-order valence-electron chi connectivity index (χ1n) is 8.14. The zero-order chi connectivity index (χ0) is 17.7. The van der Waals surface area contributed by atoms with Crippen LogP contribution in [0.4, 0.5) is 0 Å². The van der Waals surface area contributed by atoms with E-state index in [1.807, 2.05) is 6.92 Å². The number of amides is 1. The van der Waals surface area contributed by atoms with Crippen LogP contribution in [0, 0.1) is 6.92 Å². The lowest BCUT2D eigenvalue weighted by Crippen LogP contribution is -2.46. The Bertz CT molecular complexity index is 690. The van der Waals surface area contributed by atoms with Crippen LogP contribution in [0.1, 0.15) is 38.2 Å². The number of likely N-dealkylation sites (tertiary alicyclic amines) is 1. The Morgan fingerprint density at radius 2 is 1.71 bits per heavy atom. The standard InChI is InChI=1S/C17H24N2O4S/c1-13-3-6-16(7-4-13)24(22,23)18-15-9-11-19(12-10-15)17(21)8-5-14(2)20/h3-4,6-7,15,18H,5,8-12H2,1-2H3. The maximum absolute atomic E-state index is 12.4. The summed E-state index contributed by atoms with van der Waals surface area (Å²) in [5.74, 6) is -0.0332. The summed E-state index contributed by atoms with van der Waals surface area (Å²) in [6.07, 6.45) is 1.65. The number of sulfonamides is 1. The van der Waals surface area contributed by atoms with Crippen molar-refractivity contribution in [3.8, 4) is 0 Å². The molecule has 132 valence electrons. The van der Waals surface area contributed by atoms with Crippen LogP contribution >= 0.6 is 0 Å². The highest BCUT2D eigenvalue weighted by Crippen LogP contribution is 2.16.